The van der Waals surface area contributed by atoms with Gasteiger partial charge in [0, 0.05) is 0 Å². The van der Waals surface area contributed by atoms with Crippen molar-refractivity contribution < 1.29 is 20.8 Å². The second kappa shape index (κ2) is 20.5. The topological polar surface area (TPSA) is 3.24 Å². The van der Waals surface area contributed by atoms with Crippen molar-refractivity contribution in [1.29, 1.82) is 0 Å². The number of benzene rings is 4. The zero-order chi connectivity index (χ0) is 43.1. The molecule has 0 saturated carbocycles. The Hall–Kier alpha value is -1.98. The second-order valence-corrected chi connectivity index (χ2v) is 33.7. The third-order valence-corrected chi connectivity index (χ3v) is 17.3. The van der Waals surface area contributed by atoms with Crippen molar-refractivity contribution in [3.8, 4) is 22.3 Å². The van der Waals surface area contributed by atoms with Crippen molar-refractivity contribution in [2.24, 2.45) is 0 Å². The fraction of sp³-hybridized carbons (Fsp3) is 0.400. The zero-order valence-corrected chi connectivity index (χ0v) is 43.8. The minimum absolute atomic E-state index is 0.188. The van der Waals surface area contributed by atoms with Crippen molar-refractivity contribution in [2.45, 2.75) is 131 Å². The Morgan fingerprint density at radius 1 is 0.526 bits per heavy atom. The van der Waals surface area contributed by atoms with Gasteiger partial charge >= 0.3 is 37.9 Å². The van der Waals surface area contributed by atoms with Gasteiger partial charge in [0.1, 0.15) is 16.5 Å². The van der Waals surface area contributed by atoms with Gasteiger partial charge in [-0.2, -0.15) is 12.1 Å². The van der Waals surface area contributed by atoms with E-state index in [2.05, 4.69) is 222 Å². The maximum atomic E-state index is 5.98. The van der Waals surface area contributed by atoms with Gasteiger partial charge in [-0.25, -0.2) is 0 Å². The molecule has 0 unspecified atom stereocenters. The SMILES string of the molecule is CC(C)c1ccccc1-c1cccc2[cH-]c(C(C)(C)C)cc12.CC(C)c1ccccc1-c1cccc2[cH-]c(C(C)(C)C)cc12.[B]N([Si](C)(C)C)[Si](C)(C)C.[Cl][Zr+2][Cl]. The van der Waals surface area contributed by atoms with Crippen LogP contribution in [-0.4, -0.2) is 28.6 Å². The van der Waals surface area contributed by atoms with Gasteiger partial charge in [0.25, 0.3) is 0 Å². The van der Waals surface area contributed by atoms with Crippen LogP contribution in [0.25, 0.3) is 43.8 Å². The zero-order valence-electron chi connectivity index (χ0n) is 37.8. The molecule has 2 radical (unpaired) electrons. The fourth-order valence-corrected chi connectivity index (χ4v) is 15.4. The van der Waals surface area contributed by atoms with Crippen LogP contribution in [0.4, 0.5) is 0 Å². The van der Waals surface area contributed by atoms with Crippen LogP contribution in [0.1, 0.15) is 103 Å². The monoisotopic (exact) mass is 909 g/mol. The van der Waals surface area contributed by atoms with Gasteiger partial charge in [-0.15, -0.1) is 69.1 Å². The molecule has 0 aliphatic carbocycles. The molecule has 0 N–H and O–H groups in total. The molecule has 0 aromatic heterocycles. The van der Waals surface area contributed by atoms with Gasteiger partial charge in [-0.3, -0.25) is 0 Å². The molecule has 0 heterocycles. The molecule has 7 heteroatoms. The molecular formula is C50H68BCl2NSi2Zr. The summed E-state index contributed by atoms with van der Waals surface area (Å²) in [6, 6.07) is 40.4. The Labute approximate surface area is 370 Å². The van der Waals surface area contributed by atoms with E-state index >= 15 is 0 Å². The number of halogens is 2. The molecule has 57 heavy (non-hydrogen) atoms. The fourth-order valence-electron chi connectivity index (χ4n) is 7.30. The predicted octanol–water partition coefficient (Wildman–Crippen LogP) is 16.7. The maximum absolute atomic E-state index is 5.98. The molecule has 1 nitrogen and oxygen atoms in total. The second-order valence-electron chi connectivity index (χ2n) is 19.9. The van der Waals surface area contributed by atoms with Crippen LogP contribution < -0.4 is 0 Å². The summed E-state index contributed by atoms with van der Waals surface area (Å²) < 4.78 is 2.15. The van der Waals surface area contributed by atoms with Crippen LogP contribution in [0.15, 0.2) is 109 Å². The molecule has 0 aliphatic rings. The van der Waals surface area contributed by atoms with E-state index in [-0.39, 0.29) is 10.8 Å². The first-order valence-corrected chi connectivity index (χ1v) is 33.6. The molecule has 0 fully saturated rings. The normalized spacial score (nSPS) is 12.2. The van der Waals surface area contributed by atoms with Gasteiger partial charge in [0.2, 0.25) is 0 Å². The quantitative estimate of drug-likeness (QED) is 0.119. The Morgan fingerprint density at radius 3 is 1.09 bits per heavy atom. The minimum atomic E-state index is -1.22. The number of fused-ring (bicyclic) bond motifs is 2. The standard InChI is InChI=1S/2C22H25.C6H18BNSi2.2ClH.Zr/c2*1-15(2)18-10-6-7-11-19(18)20-12-8-9-16-13-17(14-21(16)20)22(3,4)5;1-9(2,3)8(7)10(4,5)6;;;/h2*6-15H,1-5H3;1-6H3;2*1H;/q2*-1;;;;+4/p-2. The molecule has 6 rings (SSSR count). The van der Waals surface area contributed by atoms with Crippen LogP contribution in [0.5, 0.6) is 0 Å². The van der Waals surface area contributed by atoms with Crippen LogP contribution in [0.3, 0.4) is 0 Å². The van der Waals surface area contributed by atoms with Crippen molar-refractivity contribution in [3.05, 3.63) is 131 Å². The molecule has 0 bridgehead atoms. The molecule has 0 atom stereocenters. The third-order valence-electron chi connectivity index (χ3n) is 10.4. The summed E-state index contributed by atoms with van der Waals surface area (Å²) in [4.78, 5) is 0. The van der Waals surface area contributed by atoms with E-state index in [1.54, 1.807) is 0 Å². The Morgan fingerprint density at radius 2 is 0.825 bits per heavy atom. The average molecular weight is 912 g/mol. The molecular weight excluding hydrogens is 844 g/mol. The first-order chi connectivity index (χ1) is 26.3. The van der Waals surface area contributed by atoms with Crippen LogP contribution in [-0.2, 0) is 31.7 Å². The Kier molecular flexibility index (Phi) is 17.8. The third kappa shape index (κ3) is 13.5. The van der Waals surface area contributed by atoms with Gasteiger partial charge in [0.05, 0.1) is 0 Å². The van der Waals surface area contributed by atoms with E-state index in [0.717, 1.165) is 0 Å². The molecule has 302 valence electrons. The van der Waals surface area contributed by atoms with E-state index in [1.807, 2.05) is 0 Å². The van der Waals surface area contributed by atoms with Gasteiger partial charge in [-0.1, -0.05) is 180 Å². The number of hydrogen-bond acceptors (Lipinski definition) is 1. The molecule has 0 saturated heterocycles. The van der Waals surface area contributed by atoms with E-state index < -0.39 is 37.3 Å². The Balaban J connectivity index is 0.000000236. The van der Waals surface area contributed by atoms with Crippen molar-refractivity contribution in [3.63, 3.8) is 0 Å². The van der Waals surface area contributed by atoms with Gasteiger partial charge in [0.15, 0.2) is 7.98 Å². The molecule has 0 aliphatic heterocycles. The molecule has 0 amide bonds. The van der Waals surface area contributed by atoms with Crippen molar-refractivity contribution >= 4 is 63.0 Å². The van der Waals surface area contributed by atoms with Crippen LogP contribution in [0, 0.1) is 0 Å². The first-order valence-electron chi connectivity index (χ1n) is 20.4. The Bertz CT molecular complexity index is 2020. The molecule has 6 aromatic carbocycles. The number of hydrogen-bond donors (Lipinski definition) is 0. The number of nitrogens with zero attached hydrogens (tertiary/aromatic N) is 1. The van der Waals surface area contributed by atoms with E-state index in [0.29, 0.717) is 11.8 Å². The van der Waals surface area contributed by atoms with Gasteiger partial charge < -0.3 is 4.14 Å². The van der Waals surface area contributed by atoms with Gasteiger partial charge in [-0.05, 0) is 44.9 Å². The summed E-state index contributed by atoms with van der Waals surface area (Å²) in [7, 11) is 13.4. The summed E-state index contributed by atoms with van der Waals surface area (Å²) in [5, 5.41) is 5.45. The van der Waals surface area contributed by atoms with E-state index in [1.165, 1.54) is 66.1 Å². The summed E-state index contributed by atoms with van der Waals surface area (Å²) >= 11 is -0.826. The van der Waals surface area contributed by atoms with Crippen molar-refractivity contribution in [1.82, 2.24) is 4.14 Å². The predicted molar refractivity (Wildman–Crippen MR) is 262 cm³/mol. The average Bonchev–Trinajstić information content (AvgIpc) is 3.77. The van der Waals surface area contributed by atoms with Crippen LogP contribution >= 0.6 is 17.0 Å². The van der Waals surface area contributed by atoms with Crippen LogP contribution in [0.2, 0.25) is 39.3 Å². The summed E-state index contributed by atoms with van der Waals surface area (Å²) in [6.45, 7) is 36.5. The van der Waals surface area contributed by atoms with E-state index in [9.17, 15) is 0 Å². The van der Waals surface area contributed by atoms with E-state index in [4.69, 9.17) is 25.0 Å². The molecule has 6 aromatic rings. The summed E-state index contributed by atoms with van der Waals surface area (Å²) in [6.07, 6.45) is 0. The number of rotatable bonds is 6. The first kappa shape index (κ1) is 49.4. The summed E-state index contributed by atoms with van der Waals surface area (Å²) in [5.41, 5.74) is 11.5. The van der Waals surface area contributed by atoms with Crippen molar-refractivity contribution in [2.75, 3.05) is 0 Å². The summed E-state index contributed by atoms with van der Waals surface area (Å²) in [5.74, 6) is 1.06. The molecule has 0 spiro atoms.